The number of hydrogen-bond donors (Lipinski definition) is 0. The topological polar surface area (TPSA) is 29.5 Å². The van der Waals surface area contributed by atoms with Gasteiger partial charge in [0.1, 0.15) is 5.60 Å². The minimum absolute atomic E-state index is 0.00912. The normalized spacial score (nSPS) is 12.9. The van der Waals surface area contributed by atoms with E-state index >= 15 is 0 Å². The van der Waals surface area contributed by atoms with Gasteiger partial charge in [-0.3, -0.25) is 0 Å². The Labute approximate surface area is 86.4 Å². The van der Waals surface area contributed by atoms with Crippen molar-refractivity contribution in [3.8, 4) is 12.3 Å². The quantitative estimate of drug-likeness (QED) is 0.635. The minimum Gasteiger partial charge on any atom is -0.444 e. The van der Waals surface area contributed by atoms with Crippen molar-refractivity contribution in [2.75, 3.05) is 7.05 Å². The zero-order valence-electron chi connectivity index (χ0n) is 9.63. The number of hydrogen-bond acceptors (Lipinski definition) is 2. The average molecular weight is 197 g/mol. The smallest absolute Gasteiger partial charge is 0.410 e. The molecule has 0 aliphatic heterocycles. The van der Waals surface area contributed by atoms with Crippen LogP contribution in [0.1, 0.15) is 34.1 Å². The van der Waals surface area contributed by atoms with Crippen LogP contribution in [0.4, 0.5) is 4.79 Å². The molecule has 14 heavy (non-hydrogen) atoms. The second-order valence-electron chi connectivity index (χ2n) is 4.35. The van der Waals surface area contributed by atoms with Gasteiger partial charge >= 0.3 is 6.09 Å². The third kappa shape index (κ3) is 4.76. The fourth-order valence-corrected chi connectivity index (χ4v) is 0.821. The molecule has 0 bridgehead atoms. The third-order valence-electron chi connectivity index (χ3n) is 1.76. The molecule has 0 N–H and O–H groups in total. The Hall–Kier alpha value is -1.17. The molecule has 0 saturated heterocycles. The summed E-state index contributed by atoms with van der Waals surface area (Å²) in [5.74, 6) is 2.52. The first-order valence-electron chi connectivity index (χ1n) is 4.67. The first kappa shape index (κ1) is 12.8. The Morgan fingerprint density at radius 2 is 2.07 bits per heavy atom. The van der Waals surface area contributed by atoms with Crippen LogP contribution in [0, 0.1) is 12.3 Å². The van der Waals surface area contributed by atoms with Crippen molar-refractivity contribution in [1.82, 2.24) is 4.90 Å². The largest absolute Gasteiger partial charge is 0.444 e. The molecule has 3 heteroatoms. The Kier molecular flexibility index (Phi) is 4.49. The van der Waals surface area contributed by atoms with Crippen LogP contribution in [-0.2, 0) is 4.74 Å². The Morgan fingerprint density at radius 1 is 1.57 bits per heavy atom. The molecule has 0 unspecified atom stereocenters. The molecule has 0 aromatic heterocycles. The van der Waals surface area contributed by atoms with Crippen molar-refractivity contribution < 1.29 is 9.53 Å². The number of amides is 1. The lowest BCUT2D eigenvalue weighted by molar-refractivity contribution is 0.0239. The molecular weight excluding hydrogens is 178 g/mol. The molecular formula is C11H19NO2. The monoisotopic (exact) mass is 197 g/mol. The van der Waals surface area contributed by atoms with Gasteiger partial charge < -0.3 is 9.64 Å². The van der Waals surface area contributed by atoms with Crippen LogP contribution < -0.4 is 0 Å². The van der Waals surface area contributed by atoms with Crippen LogP contribution in [0.2, 0.25) is 0 Å². The SMILES string of the molecule is C#CC[C@@H](C)N(C)C(=O)OC(C)(C)C. The van der Waals surface area contributed by atoms with Gasteiger partial charge in [0.05, 0.1) is 0 Å². The highest BCUT2D eigenvalue weighted by Crippen LogP contribution is 2.11. The molecule has 3 nitrogen and oxygen atoms in total. The highest BCUT2D eigenvalue weighted by atomic mass is 16.6. The Bertz CT molecular complexity index is 235. The van der Waals surface area contributed by atoms with Crippen LogP contribution >= 0.6 is 0 Å². The summed E-state index contributed by atoms with van der Waals surface area (Å²) in [6.45, 7) is 7.41. The van der Waals surface area contributed by atoms with Crippen molar-refractivity contribution >= 4 is 6.09 Å². The van der Waals surface area contributed by atoms with E-state index in [1.807, 2.05) is 27.7 Å². The van der Waals surface area contributed by atoms with Gasteiger partial charge in [0.15, 0.2) is 0 Å². The summed E-state index contributed by atoms with van der Waals surface area (Å²) in [6, 6.07) is 0.00912. The number of rotatable bonds is 2. The van der Waals surface area contributed by atoms with E-state index in [2.05, 4.69) is 5.92 Å². The fraction of sp³-hybridized carbons (Fsp3) is 0.727. The van der Waals surface area contributed by atoms with Crippen LogP contribution in [0.25, 0.3) is 0 Å². The van der Waals surface area contributed by atoms with Crippen molar-refractivity contribution in [3.05, 3.63) is 0 Å². The molecule has 0 rings (SSSR count). The molecule has 0 aromatic carbocycles. The standard InChI is InChI=1S/C11H19NO2/c1-7-8-9(2)12(6)10(13)14-11(3,4)5/h1,9H,8H2,2-6H3/t9-/m1/s1. The number of carbonyl (C=O) groups is 1. The van der Waals surface area contributed by atoms with Gasteiger partial charge in [-0.2, -0.15) is 0 Å². The average Bonchev–Trinajstić information content (AvgIpc) is 2.00. The lowest BCUT2D eigenvalue weighted by Crippen LogP contribution is -2.39. The predicted molar refractivity (Wildman–Crippen MR) is 56.9 cm³/mol. The molecule has 80 valence electrons. The number of terminal acetylenes is 1. The molecule has 0 heterocycles. The van der Waals surface area contributed by atoms with Crippen molar-refractivity contribution in [1.29, 1.82) is 0 Å². The Morgan fingerprint density at radius 3 is 2.43 bits per heavy atom. The highest BCUT2D eigenvalue weighted by Gasteiger charge is 2.22. The van der Waals surface area contributed by atoms with E-state index in [1.54, 1.807) is 7.05 Å². The van der Waals surface area contributed by atoms with Crippen LogP contribution in [-0.4, -0.2) is 29.7 Å². The van der Waals surface area contributed by atoms with Crippen LogP contribution in [0.3, 0.4) is 0 Å². The molecule has 0 saturated carbocycles. The number of nitrogens with zero attached hydrogens (tertiary/aromatic N) is 1. The first-order chi connectivity index (χ1) is 6.28. The molecule has 0 aliphatic rings. The summed E-state index contributed by atoms with van der Waals surface area (Å²) in [6.07, 6.45) is 5.37. The molecule has 1 amide bonds. The summed E-state index contributed by atoms with van der Waals surface area (Å²) in [5.41, 5.74) is -0.457. The molecule has 0 fully saturated rings. The number of ether oxygens (including phenoxy) is 1. The van der Waals surface area contributed by atoms with Gasteiger partial charge in [-0.25, -0.2) is 4.79 Å². The van der Waals surface area contributed by atoms with Gasteiger partial charge in [0, 0.05) is 19.5 Å². The summed E-state index contributed by atoms with van der Waals surface area (Å²) in [4.78, 5) is 13.0. The van der Waals surface area contributed by atoms with Gasteiger partial charge in [-0.15, -0.1) is 12.3 Å². The van der Waals surface area contributed by atoms with Crippen molar-refractivity contribution in [3.63, 3.8) is 0 Å². The van der Waals surface area contributed by atoms with Crippen molar-refractivity contribution in [2.45, 2.75) is 45.8 Å². The van der Waals surface area contributed by atoms with Crippen LogP contribution in [0.15, 0.2) is 0 Å². The lowest BCUT2D eigenvalue weighted by Gasteiger charge is -2.27. The van der Waals surface area contributed by atoms with Crippen molar-refractivity contribution in [2.24, 2.45) is 0 Å². The molecule has 0 radical (unpaired) electrons. The van der Waals surface area contributed by atoms with Gasteiger partial charge in [0.2, 0.25) is 0 Å². The van der Waals surface area contributed by atoms with Gasteiger partial charge in [-0.1, -0.05) is 0 Å². The first-order valence-corrected chi connectivity index (χ1v) is 4.67. The lowest BCUT2D eigenvalue weighted by atomic mass is 10.2. The number of carbonyl (C=O) groups excluding carboxylic acids is 1. The molecule has 0 aromatic rings. The summed E-state index contributed by atoms with van der Waals surface area (Å²) in [7, 11) is 1.69. The Balaban J connectivity index is 4.20. The van der Waals surface area contributed by atoms with E-state index in [1.165, 1.54) is 4.90 Å². The maximum atomic E-state index is 11.5. The zero-order valence-corrected chi connectivity index (χ0v) is 9.63. The molecule has 0 aliphatic carbocycles. The second kappa shape index (κ2) is 4.90. The van der Waals surface area contributed by atoms with E-state index in [4.69, 9.17) is 11.2 Å². The third-order valence-corrected chi connectivity index (χ3v) is 1.76. The summed E-state index contributed by atoms with van der Waals surface area (Å²) in [5, 5.41) is 0. The van der Waals surface area contributed by atoms with E-state index in [-0.39, 0.29) is 12.1 Å². The van der Waals surface area contributed by atoms with E-state index in [0.717, 1.165) is 0 Å². The molecule has 0 spiro atoms. The zero-order chi connectivity index (χ0) is 11.4. The maximum Gasteiger partial charge on any atom is 0.410 e. The van der Waals surface area contributed by atoms with Gasteiger partial charge in [0.25, 0.3) is 0 Å². The predicted octanol–water partition coefficient (Wildman–Crippen LogP) is 2.27. The fourth-order valence-electron chi connectivity index (χ4n) is 0.821. The van der Waals surface area contributed by atoms with E-state index in [9.17, 15) is 4.79 Å². The van der Waals surface area contributed by atoms with Crippen LogP contribution in [0.5, 0.6) is 0 Å². The van der Waals surface area contributed by atoms with E-state index in [0.29, 0.717) is 6.42 Å². The van der Waals surface area contributed by atoms with E-state index < -0.39 is 5.60 Å². The minimum atomic E-state index is -0.457. The summed E-state index contributed by atoms with van der Waals surface area (Å²) < 4.78 is 5.19. The summed E-state index contributed by atoms with van der Waals surface area (Å²) >= 11 is 0. The second-order valence-corrected chi connectivity index (χ2v) is 4.35. The maximum absolute atomic E-state index is 11.5. The highest BCUT2D eigenvalue weighted by molar-refractivity contribution is 5.68. The van der Waals surface area contributed by atoms with Gasteiger partial charge in [-0.05, 0) is 27.7 Å². The molecule has 1 atom stereocenters.